The van der Waals surface area contributed by atoms with E-state index in [1.165, 1.54) is 17.7 Å². The number of hydrogen-bond donors (Lipinski definition) is 0. The lowest BCUT2D eigenvalue weighted by atomic mass is 9.70. The molecule has 0 unspecified atom stereocenters. The molecule has 190 valence electrons. The van der Waals surface area contributed by atoms with Gasteiger partial charge in [-0.1, -0.05) is 25.5 Å². The molecular formula is C28H33FN4O2S. The zero-order chi connectivity index (χ0) is 25.3. The van der Waals surface area contributed by atoms with Crippen LogP contribution in [0, 0.1) is 17.2 Å². The van der Waals surface area contributed by atoms with Crippen molar-refractivity contribution in [2.45, 2.75) is 46.0 Å². The molecule has 0 radical (unpaired) electrons. The number of nitrogens with zero attached hydrogens (tertiary/aromatic N) is 4. The minimum atomic E-state index is -3.35. The third-order valence-electron chi connectivity index (χ3n) is 7.85. The third-order valence-corrected chi connectivity index (χ3v) is 9.89. The van der Waals surface area contributed by atoms with Gasteiger partial charge in [-0.3, -0.25) is 4.98 Å². The molecule has 0 spiro atoms. The quantitative estimate of drug-likeness (QED) is 0.406. The van der Waals surface area contributed by atoms with E-state index in [9.17, 15) is 12.8 Å². The lowest BCUT2D eigenvalue weighted by Crippen LogP contribution is -2.42. The predicted molar refractivity (Wildman–Crippen MR) is 140 cm³/mol. The van der Waals surface area contributed by atoms with E-state index in [1.54, 1.807) is 22.6 Å². The molecule has 2 heterocycles. The molecule has 0 bridgehead atoms. The van der Waals surface area contributed by atoms with Crippen LogP contribution in [0.5, 0.6) is 0 Å². The number of allylic oxidation sites excluding steroid dienone is 1. The fourth-order valence-corrected chi connectivity index (χ4v) is 7.33. The van der Waals surface area contributed by atoms with Gasteiger partial charge in [0.1, 0.15) is 5.82 Å². The number of halogens is 1. The molecule has 36 heavy (non-hydrogen) atoms. The van der Waals surface area contributed by atoms with Crippen molar-refractivity contribution < 1.29 is 12.8 Å². The SMILES string of the molecule is CCCS(=O)(=O)N(CCc1ccccn1)C[C@H]1CCC2=Cc3c(cnn3-c3ccc(F)cc3)C[C@@]21C. The summed E-state index contributed by atoms with van der Waals surface area (Å²) in [6.07, 6.45) is 9.80. The van der Waals surface area contributed by atoms with Crippen molar-refractivity contribution in [2.24, 2.45) is 11.3 Å². The Morgan fingerprint density at radius 2 is 2.00 bits per heavy atom. The van der Waals surface area contributed by atoms with Gasteiger partial charge in [-0.2, -0.15) is 5.10 Å². The van der Waals surface area contributed by atoms with E-state index in [1.807, 2.05) is 36.0 Å². The fourth-order valence-electron chi connectivity index (χ4n) is 5.78. The van der Waals surface area contributed by atoms with Crippen molar-refractivity contribution in [3.63, 3.8) is 0 Å². The van der Waals surface area contributed by atoms with Crippen molar-refractivity contribution in [3.05, 3.63) is 83.2 Å². The molecule has 0 amide bonds. The molecule has 1 saturated carbocycles. The van der Waals surface area contributed by atoms with Crippen LogP contribution in [0.1, 0.15) is 50.1 Å². The molecular weight excluding hydrogens is 475 g/mol. The Morgan fingerprint density at radius 3 is 2.72 bits per heavy atom. The minimum absolute atomic E-state index is 0.116. The highest BCUT2D eigenvalue weighted by Gasteiger charge is 2.46. The Labute approximate surface area is 212 Å². The molecule has 2 aliphatic rings. The van der Waals surface area contributed by atoms with Crippen LogP contribution in [-0.2, 0) is 22.9 Å². The summed E-state index contributed by atoms with van der Waals surface area (Å²) < 4.78 is 43.5. The topological polar surface area (TPSA) is 68.1 Å². The number of pyridine rings is 1. The zero-order valence-corrected chi connectivity index (χ0v) is 21.7. The Morgan fingerprint density at radius 1 is 1.19 bits per heavy atom. The second kappa shape index (κ2) is 9.90. The summed E-state index contributed by atoms with van der Waals surface area (Å²) >= 11 is 0. The smallest absolute Gasteiger partial charge is 0.214 e. The van der Waals surface area contributed by atoms with Gasteiger partial charge >= 0.3 is 0 Å². The van der Waals surface area contributed by atoms with Crippen molar-refractivity contribution in [3.8, 4) is 5.69 Å². The number of rotatable bonds is 9. The van der Waals surface area contributed by atoms with E-state index < -0.39 is 10.0 Å². The van der Waals surface area contributed by atoms with Crippen molar-refractivity contribution in [2.75, 3.05) is 18.8 Å². The van der Waals surface area contributed by atoms with Gasteiger partial charge in [-0.05, 0) is 85.1 Å². The summed E-state index contributed by atoms with van der Waals surface area (Å²) in [4.78, 5) is 4.39. The van der Waals surface area contributed by atoms with Crippen LogP contribution < -0.4 is 0 Å². The second-order valence-corrected chi connectivity index (χ2v) is 12.3. The van der Waals surface area contributed by atoms with Crippen LogP contribution in [0.4, 0.5) is 4.39 Å². The van der Waals surface area contributed by atoms with Crippen LogP contribution >= 0.6 is 0 Å². The van der Waals surface area contributed by atoms with E-state index in [0.717, 1.165) is 41.9 Å². The maximum Gasteiger partial charge on any atom is 0.214 e. The first-order chi connectivity index (χ1) is 17.3. The van der Waals surface area contributed by atoms with Gasteiger partial charge in [0.2, 0.25) is 10.0 Å². The first-order valence-electron chi connectivity index (χ1n) is 12.7. The van der Waals surface area contributed by atoms with Crippen molar-refractivity contribution in [1.29, 1.82) is 0 Å². The minimum Gasteiger partial charge on any atom is -0.261 e. The van der Waals surface area contributed by atoms with Gasteiger partial charge in [0.15, 0.2) is 0 Å². The third kappa shape index (κ3) is 4.76. The first-order valence-corrected chi connectivity index (χ1v) is 14.3. The number of fused-ring (bicyclic) bond motifs is 2. The van der Waals surface area contributed by atoms with Gasteiger partial charge in [-0.15, -0.1) is 0 Å². The molecule has 5 rings (SSSR count). The number of aromatic nitrogens is 3. The van der Waals surface area contributed by atoms with E-state index >= 15 is 0 Å². The van der Waals surface area contributed by atoms with E-state index in [0.29, 0.717) is 25.9 Å². The Hall–Kier alpha value is -2.84. The summed E-state index contributed by atoms with van der Waals surface area (Å²) in [5, 5.41) is 4.61. The molecule has 0 saturated heterocycles. The van der Waals surface area contributed by atoms with Gasteiger partial charge < -0.3 is 0 Å². The van der Waals surface area contributed by atoms with Crippen molar-refractivity contribution in [1.82, 2.24) is 19.1 Å². The monoisotopic (exact) mass is 508 g/mol. The van der Waals surface area contributed by atoms with Crippen molar-refractivity contribution >= 4 is 16.1 Å². The van der Waals surface area contributed by atoms with Gasteiger partial charge in [0.05, 0.1) is 23.3 Å². The van der Waals surface area contributed by atoms with E-state index in [2.05, 4.69) is 23.1 Å². The molecule has 2 atom stereocenters. The summed E-state index contributed by atoms with van der Waals surface area (Å²) in [5.74, 6) is 0.118. The highest BCUT2D eigenvalue weighted by molar-refractivity contribution is 7.89. The lowest BCUT2D eigenvalue weighted by molar-refractivity contribution is 0.221. The molecule has 2 aliphatic carbocycles. The van der Waals surface area contributed by atoms with Crippen LogP contribution in [-0.4, -0.2) is 46.3 Å². The maximum atomic E-state index is 13.4. The molecule has 0 N–H and O–H groups in total. The van der Waals surface area contributed by atoms with Crippen LogP contribution in [0.15, 0.2) is 60.4 Å². The van der Waals surface area contributed by atoms with Gasteiger partial charge in [0.25, 0.3) is 0 Å². The van der Waals surface area contributed by atoms with Gasteiger partial charge in [-0.25, -0.2) is 21.8 Å². The molecule has 1 fully saturated rings. The van der Waals surface area contributed by atoms with E-state index in [-0.39, 0.29) is 22.9 Å². The predicted octanol–water partition coefficient (Wildman–Crippen LogP) is 5.05. The lowest BCUT2D eigenvalue weighted by Gasteiger charge is -2.38. The largest absolute Gasteiger partial charge is 0.261 e. The molecule has 0 aliphatic heterocycles. The van der Waals surface area contributed by atoms with E-state index in [4.69, 9.17) is 0 Å². The average molecular weight is 509 g/mol. The molecule has 2 aromatic heterocycles. The normalized spacial score (nSPS) is 21.3. The number of hydrogen-bond acceptors (Lipinski definition) is 4. The standard InChI is InChI=1S/C28H33FN4O2S/c1-3-16-36(34,35)32(15-13-25-6-4-5-14-30-25)20-23-8-7-22-17-27-21(18-28(22,23)2)19-31-33(27)26-11-9-24(29)10-12-26/h4-6,9-12,14,17,19,23H,3,7-8,13,15-16,18,20H2,1-2H3/t23-,28+/m1/s1. The summed E-state index contributed by atoms with van der Waals surface area (Å²) in [5.41, 5.74) is 5.16. The fraction of sp³-hybridized carbons (Fsp3) is 0.429. The summed E-state index contributed by atoms with van der Waals surface area (Å²) in [6.45, 7) is 5.15. The first kappa shape index (κ1) is 24.8. The van der Waals surface area contributed by atoms with Gasteiger partial charge in [0, 0.05) is 31.4 Å². The zero-order valence-electron chi connectivity index (χ0n) is 20.9. The highest BCUT2D eigenvalue weighted by atomic mass is 32.2. The maximum absolute atomic E-state index is 13.4. The molecule has 6 nitrogen and oxygen atoms in total. The Balaban J connectivity index is 1.39. The number of sulfonamides is 1. The summed E-state index contributed by atoms with van der Waals surface area (Å²) in [7, 11) is -3.35. The summed E-state index contributed by atoms with van der Waals surface area (Å²) in [6, 6.07) is 12.1. The van der Waals surface area contributed by atoms with Crippen LogP contribution in [0.2, 0.25) is 0 Å². The highest BCUT2D eigenvalue weighted by Crippen LogP contribution is 2.53. The van der Waals surface area contributed by atoms with Crippen LogP contribution in [0.25, 0.3) is 11.8 Å². The van der Waals surface area contributed by atoms with Crippen LogP contribution in [0.3, 0.4) is 0 Å². The number of benzene rings is 1. The molecule has 8 heteroatoms. The molecule has 1 aromatic carbocycles. The second-order valence-electron chi connectivity index (χ2n) is 10.2. The Kier molecular flexibility index (Phi) is 6.83. The molecule has 3 aromatic rings. The Bertz CT molecular complexity index is 1350. The average Bonchev–Trinajstić information content (AvgIpc) is 3.40.